The molecule has 0 radical (unpaired) electrons. The second kappa shape index (κ2) is 59.3. The molecule has 0 aliphatic carbocycles. The Morgan fingerprint density at radius 1 is 0.268 bits per heavy atom. The van der Waals surface area contributed by atoms with Gasteiger partial charge in [-0.05, 0) is 25.2 Å². The smallest absolute Gasteiger partial charge is 0.306 e. The van der Waals surface area contributed by atoms with Gasteiger partial charge in [0.25, 0.3) is 0 Å². The summed E-state index contributed by atoms with van der Waals surface area (Å²) in [5.41, 5.74) is 0. The third-order valence-corrected chi connectivity index (χ3v) is 15.0. The number of hydrogen-bond acceptors (Lipinski definition) is 6. The number of esters is 3. The fourth-order valence-electron chi connectivity index (χ4n) is 10.2. The van der Waals surface area contributed by atoms with Crippen LogP contribution in [0.1, 0.15) is 374 Å². The second-order valence-electron chi connectivity index (χ2n) is 22.9. The SMILES string of the molecule is CCCCCCCCCCCCCCCCCCCCC(=O)O[C@@H](COC(=O)CCCCCCCCCCCCCCCC)COC(=O)CCCCCCCCCCCCCCCCCCCCC(C)C. The van der Waals surface area contributed by atoms with Crippen LogP contribution in [-0.4, -0.2) is 37.2 Å². The molecule has 0 fully saturated rings. The van der Waals surface area contributed by atoms with Crippen molar-refractivity contribution in [1.82, 2.24) is 0 Å². The van der Waals surface area contributed by atoms with Gasteiger partial charge in [-0.15, -0.1) is 0 Å². The van der Waals surface area contributed by atoms with Crippen LogP contribution in [0.2, 0.25) is 0 Å². The van der Waals surface area contributed by atoms with Crippen molar-refractivity contribution < 1.29 is 28.6 Å². The van der Waals surface area contributed by atoms with E-state index in [0.717, 1.165) is 63.7 Å². The summed E-state index contributed by atoms with van der Waals surface area (Å²) in [7, 11) is 0. The lowest BCUT2D eigenvalue weighted by atomic mass is 10.0. The molecular weight excluding hydrogens is 877 g/mol. The molecular formula is C65H126O6. The lowest BCUT2D eigenvalue weighted by molar-refractivity contribution is -0.167. The zero-order valence-electron chi connectivity index (χ0n) is 48.7. The molecule has 422 valence electrons. The summed E-state index contributed by atoms with van der Waals surface area (Å²) in [4.78, 5) is 38.3. The topological polar surface area (TPSA) is 78.9 Å². The van der Waals surface area contributed by atoms with Gasteiger partial charge in [-0.3, -0.25) is 14.4 Å². The van der Waals surface area contributed by atoms with Crippen LogP contribution in [0, 0.1) is 5.92 Å². The van der Waals surface area contributed by atoms with Gasteiger partial charge in [0.15, 0.2) is 6.10 Å². The first-order valence-electron chi connectivity index (χ1n) is 32.4. The van der Waals surface area contributed by atoms with Crippen molar-refractivity contribution in [3.8, 4) is 0 Å². The second-order valence-corrected chi connectivity index (χ2v) is 22.9. The predicted molar refractivity (Wildman–Crippen MR) is 307 cm³/mol. The summed E-state index contributed by atoms with van der Waals surface area (Å²) in [5, 5.41) is 0. The lowest BCUT2D eigenvalue weighted by Crippen LogP contribution is -2.30. The van der Waals surface area contributed by atoms with E-state index in [2.05, 4.69) is 27.7 Å². The maximum Gasteiger partial charge on any atom is 0.306 e. The van der Waals surface area contributed by atoms with Crippen molar-refractivity contribution >= 4 is 17.9 Å². The van der Waals surface area contributed by atoms with Crippen LogP contribution >= 0.6 is 0 Å². The Morgan fingerprint density at radius 3 is 0.690 bits per heavy atom. The molecule has 6 nitrogen and oxygen atoms in total. The van der Waals surface area contributed by atoms with Gasteiger partial charge in [-0.25, -0.2) is 0 Å². The molecule has 71 heavy (non-hydrogen) atoms. The summed E-state index contributed by atoms with van der Waals surface area (Å²) in [6.07, 6.45) is 66.8. The van der Waals surface area contributed by atoms with E-state index in [1.54, 1.807) is 0 Å². The van der Waals surface area contributed by atoms with E-state index >= 15 is 0 Å². The molecule has 0 amide bonds. The molecule has 0 heterocycles. The zero-order valence-corrected chi connectivity index (χ0v) is 48.7. The number of rotatable bonds is 60. The van der Waals surface area contributed by atoms with Gasteiger partial charge >= 0.3 is 17.9 Å². The molecule has 0 aromatic rings. The third-order valence-electron chi connectivity index (χ3n) is 15.0. The van der Waals surface area contributed by atoms with Crippen molar-refractivity contribution in [3.05, 3.63) is 0 Å². The number of carbonyl (C=O) groups excluding carboxylic acids is 3. The third kappa shape index (κ3) is 59.2. The lowest BCUT2D eigenvalue weighted by Gasteiger charge is -2.18. The highest BCUT2D eigenvalue weighted by atomic mass is 16.6. The van der Waals surface area contributed by atoms with Crippen molar-refractivity contribution in [2.24, 2.45) is 5.92 Å². The van der Waals surface area contributed by atoms with E-state index < -0.39 is 6.10 Å². The van der Waals surface area contributed by atoms with Gasteiger partial charge < -0.3 is 14.2 Å². The normalized spacial score (nSPS) is 12.0. The van der Waals surface area contributed by atoms with Crippen LogP contribution in [0.3, 0.4) is 0 Å². The van der Waals surface area contributed by atoms with Crippen molar-refractivity contribution in [1.29, 1.82) is 0 Å². The minimum atomic E-state index is -0.763. The van der Waals surface area contributed by atoms with Crippen molar-refractivity contribution in [2.75, 3.05) is 13.2 Å². The molecule has 0 aliphatic heterocycles. The summed E-state index contributed by atoms with van der Waals surface area (Å²) in [6.45, 7) is 9.10. The summed E-state index contributed by atoms with van der Waals surface area (Å²) in [5.74, 6) is 0.0329. The molecule has 0 rings (SSSR count). The van der Waals surface area contributed by atoms with Gasteiger partial charge in [0.1, 0.15) is 13.2 Å². The molecule has 1 atom stereocenters. The van der Waals surface area contributed by atoms with Crippen LogP contribution in [0.15, 0.2) is 0 Å². The van der Waals surface area contributed by atoms with Crippen molar-refractivity contribution in [2.45, 2.75) is 381 Å². The molecule has 0 spiro atoms. The molecule has 0 saturated heterocycles. The molecule has 6 heteroatoms. The molecule has 0 N–H and O–H groups in total. The Hall–Kier alpha value is -1.59. The van der Waals surface area contributed by atoms with Gasteiger partial charge in [-0.1, -0.05) is 336 Å². The highest BCUT2D eigenvalue weighted by Gasteiger charge is 2.19. The fourth-order valence-corrected chi connectivity index (χ4v) is 10.2. The number of hydrogen-bond donors (Lipinski definition) is 0. The largest absolute Gasteiger partial charge is 0.462 e. The standard InChI is InChI=1S/C65H126O6/c1-5-7-9-11-13-15-17-19-21-22-26-30-34-38-42-46-50-54-58-65(68)71-62(59-69-63(66)56-52-48-44-40-36-32-20-18-16-14-12-10-8-6-2)60-70-64(67)57-53-49-45-41-37-33-29-27-24-23-25-28-31-35-39-43-47-51-55-61(3)4/h61-62H,5-60H2,1-4H3/t62-/m0/s1. The molecule has 0 bridgehead atoms. The van der Waals surface area contributed by atoms with Crippen LogP contribution < -0.4 is 0 Å². The van der Waals surface area contributed by atoms with E-state index in [1.165, 1.54) is 270 Å². The van der Waals surface area contributed by atoms with Crippen LogP contribution in [0.4, 0.5) is 0 Å². The van der Waals surface area contributed by atoms with Crippen LogP contribution in [0.5, 0.6) is 0 Å². The minimum absolute atomic E-state index is 0.0610. The van der Waals surface area contributed by atoms with Gasteiger partial charge in [0.05, 0.1) is 0 Å². The Bertz CT molecular complexity index is 1070. The van der Waals surface area contributed by atoms with E-state index in [1.807, 2.05) is 0 Å². The molecule has 0 saturated carbocycles. The highest BCUT2D eigenvalue weighted by molar-refractivity contribution is 5.71. The first kappa shape index (κ1) is 69.4. The Balaban J connectivity index is 4.25. The van der Waals surface area contributed by atoms with E-state index in [4.69, 9.17) is 14.2 Å². The first-order chi connectivity index (χ1) is 34.9. The van der Waals surface area contributed by atoms with Gasteiger partial charge in [-0.2, -0.15) is 0 Å². The Morgan fingerprint density at radius 2 is 0.465 bits per heavy atom. The number of unbranched alkanes of at least 4 members (excludes halogenated alkanes) is 47. The fraction of sp³-hybridized carbons (Fsp3) is 0.954. The Labute approximate surface area is 444 Å². The summed E-state index contributed by atoms with van der Waals surface area (Å²) < 4.78 is 17.0. The van der Waals surface area contributed by atoms with Gasteiger partial charge in [0.2, 0.25) is 0 Å². The Kier molecular flexibility index (Phi) is 58.0. The van der Waals surface area contributed by atoms with E-state index in [0.29, 0.717) is 19.3 Å². The highest BCUT2D eigenvalue weighted by Crippen LogP contribution is 2.19. The number of carbonyl (C=O) groups is 3. The molecule has 0 unspecified atom stereocenters. The van der Waals surface area contributed by atoms with Gasteiger partial charge in [0, 0.05) is 19.3 Å². The molecule has 0 aliphatic rings. The predicted octanol–water partition coefficient (Wildman–Crippen LogP) is 21.7. The first-order valence-corrected chi connectivity index (χ1v) is 32.4. The average molecular weight is 1000 g/mol. The van der Waals surface area contributed by atoms with Crippen molar-refractivity contribution in [3.63, 3.8) is 0 Å². The summed E-state index contributed by atoms with van der Waals surface area (Å²) in [6, 6.07) is 0. The van der Waals surface area contributed by atoms with Crippen LogP contribution in [0.25, 0.3) is 0 Å². The number of ether oxygens (including phenoxy) is 3. The average Bonchev–Trinajstić information content (AvgIpc) is 3.36. The van der Waals surface area contributed by atoms with Crippen LogP contribution in [-0.2, 0) is 28.6 Å². The monoisotopic (exact) mass is 1000 g/mol. The van der Waals surface area contributed by atoms with E-state index in [9.17, 15) is 14.4 Å². The minimum Gasteiger partial charge on any atom is -0.462 e. The molecule has 0 aromatic carbocycles. The summed E-state index contributed by atoms with van der Waals surface area (Å²) >= 11 is 0. The zero-order chi connectivity index (χ0) is 51.6. The quantitative estimate of drug-likeness (QED) is 0.0343. The maximum atomic E-state index is 12.9. The van der Waals surface area contributed by atoms with E-state index in [-0.39, 0.29) is 31.1 Å². The maximum absolute atomic E-state index is 12.9. The molecule has 0 aromatic heterocycles.